The molecule has 1 saturated heterocycles. The van der Waals surface area contributed by atoms with Gasteiger partial charge in [-0.2, -0.15) is 0 Å². The van der Waals surface area contributed by atoms with Crippen molar-refractivity contribution in [2.45, 2.75) is 49.0 Å². The van der Waals surface area contributed by atoms with Crippen LogP contribution in [0.25, 0.3) is 0 Å². The maximum absolute atomic E-state index is 12.9. The van der Waals surface area contributed by atoms with Crippen molar-refractivity contribution < 1.29 is 14.0 Å². The first kappa shape index (κ1) is 14.0. The van der Waals surface area contributed by atoms with E-state index >= 15 is 0 Å². The molecule has 1 aromatic carbocycles. The van der Waals surface area contributed by atoms with E-state index in [1.54, 1.807) is 0 Å². The average Bonchev–Trinajstić information content (AvgIpc) is 2.47. The predicted molar refractivity (Wildman–Crippen MR) is 78.3 cm³/mol. The van der Waals surface area contributed by atoms with Crippen molar-refractivity contribution in [3.8, 4) is 0 Å². The Morgan fingerprint density at radius 3 is 2.60 bits per heavy atom. The largest absolute Gasteiger partial charge is 0.251 e. The number of fused-ring (bicyclic) bond motifs is 2. The van der Waals surface area contributed by atoms with Crippen LogP contribution in [0.3, 0.4) is 0 Å². The fourth-order valence-corrected chi connectivity index (χ4v) is 4.40. The first-order valence-corrected chi connectivity index (χ1v) is 8.12. The maximum Gasteiger partial charge on any atom is 0.182 e. The van der Waals surface area contributed by atoms with Gasteiger partial charge in [-0.05, 0) is 51.3 Å². The van der Waals surface area contributed by atoms with Crippen LogP contribution in [-0.2, 0) is 20.6 Å². The van der Waals surface area contributed by atoms with Crippen molar-refractivity contribution in [2.75, 3.05) is 0 Å². The Hall–Kier alpha value is -0.970. The fourth-order valence-electron chi connectivity index (χ4n) is 2.95. The summed E-state index contributed by atoms with van der Waals surface area (Å²) in [6.45, 7) is 6.00. The van der Waals surface area contributed by atoms with Gasteiger partial charge in [-0.15, -0.1) is 0 Å². The van der Waals surface area contributed by atoms with Crippen LogP contribution < -0.4 is 0 Å². The Morgan fingerprint density at radius 1 is 1.20 bits per heavy atom. The second-order valence-corrected chi connectivity index (χ2v) is 7.84. The molecule has 1 heterocycles. The molecule has 0 amide bonds. The van der Waals surface area contributed by atoms with E-state index in [0.717, 1.165) is 17.7 Å². The Labute approximate surface area is 122 Å². The van der Waals surface area contributed by atoms with Gasteiger partial charge in [0.1, 0.15) is 5.60 Å². The molecule has 1 aliphatic heterocycles. The van der Waals surface area contributed by atoms with Crippen LogP contribution in [0.5, 0.6) is 0 Å². The van der Waals surface area contributed by atoms with E-state index in [4.69, 9.17) is 9.78 Å². The SMILES string of the molecule is CC1=CC[C@@H]2C[C@@]1(C)OO[C@@]2(C)S(=O)c1ccccc1. The first-order valence-electron chi connectivity index (χ1n) is 6.97. The Balaban J connectivity index is 1.93. The minimum absolute atomic E-state index is 0.200. The molecular weight excluding hydrogens is 272 g/mol. The van der Waals surface area contributed by atoms with Crippen LogP contribution >= 0.6 is 0 Å². The van der Waals surface area contributed by atoms with Crippen LogP contribution in [0.1, 0.15) is 33.6 Å². The molecular formula is C16H20O3S. The Morgan fingerprint density at radius 2 is 1.90 bits per heavy atom. The molecule has 1 aromatic rings. The number of allylic oxidation sites excluding steroid dienone is 1. The molecule has 0 saturated carbocycles. The normalized spacial score (nSPS) is 38.1. The summed E-state index contributed by atoms with van der Waals surface area (Å²) in [5.74, 6) is 0.200. The van der Waals surface area contributed by atoms with Crippen molar-refractivity contribution in [2.24, 2.45) is 5.92 Å². The molecule has 0 N–H and O–H groups in total. The zero-order chi connectivity index (χ0) is 14.4. The maximum atomic E-state index is 12.9. The summed E-state index contributed by atoms with van der Waals surface area (Å²) < 4.78 is 12.9. The first-order chi connectivity index (χ1) is 9.46. The molecule has 0 radical (unpaired) electrons. The van der Waals surface area contributed by atoms with E-state index in [9.17, 15) is 4.21 Å². The van der Waals surface area contributed by atoms with E-state index < -0.39 is 15.7 Å². The molecule has 3 nitrogen and oxygen atoms in total. The second kappa shape index (κ2) is 4.79. The number of hydrogen-bond acceptors (Lipinski definition) is 3. The lowest BCUT2D eigenvalue weighted by Gasteiger charge is -2.49. The highest BCUT2D eigenvalue weighted by atomic mass is 32.2. The molecule has 4 atom stereocenters. The van der Waals surface area contributed by atoms with Gasteiger partial charge in [-0.1, -0.05) is 24.3 Å². The molecule has 108 valence electrons. The second-order valence-electron chi connectivity index (χ2n) is 6.02. The highest BCUT2D eigenvalue weighted by Gasteiger charge is 2.53. The van der Waals surface area contributed by atoms with E-state index in [2.05, 4.69) is 13.0 Å². The minimum Gasteiger partial charge on any atom is -0.251 e. The predicted octanol–water partition coefficient (Wildman–Crippen LogP) is 3.59. The fraction of sp³-hybridized carbons (Fsp3) is 0.500. The third kappa shape index (κ3) is 2.07. The van der Waals surface area contributed by atoms with Crippen molar-refractivity contribution in [1.82, 2.24) is 0 Å². The van der Waals surface area contributed by atoms with Crippen molar-refractivity contribution in [1.29, 1.82) is 0 Å². The van der Waals surface area contributed by atoms with Crippen LogP contribution in [0.4, 0.5) is 0 Å². The minimum atomic E-state index is -1.25. The van der Waals surface area contributed by atoms with Crippen LogP contribution in [0.2, 0.25) is 0 Å². The third-order valence-corrected chi connectivity index (χ3v) is 6.47. The Bertz CT molecular complexity index is 568. The zero-order valence-corrected chi connectivity index (χ0v) is 12.9. The average molecular weight is 292 g/mol. The Kier molecular flexibility index (Phi) is 3.35. The molecule has 1 fully saturated rings. The summed E-state index contributed by atoms with van der Waals surface area (Å²) in [6, 6.07) is 9.47. The van der Waals surface area contributed by atoms with Crippen molar-refractivity contribution >= 4 is 10.8 Å². The topological polar surface area (TPSA) is 35.5 Å². The van der Waals surface area contributed by atoms with Crippen molar-refractivity contribution in [3.05, 3.63) is 42.0 Å². The van der Waals surface area contributed by atoms with Gasteiger partial charge in [0, 0.05) is 10.8 Å². The summed E-state index contributed by atoms with van der Waals surface area (Å²) in [7, 11) is -1.25. The summed E-state index contributed by atoms with van der Waals surface area (Å²) in [4.78, 5) is 11.3. The van der Waals surface area contributed by atoms with Gasteiger partial charge in [0.25, 0.3) is 0 Å². The third-order valence-electron chi connectivity index (χ3n) is 4.64. The van der Waals surface area contributed by atoms with Crippen molar-refractivity contribution in [3.63, 3.8) is 0 Å². The van der Waals surface area contributed by atoms with E-state index in [1.807, 2.05) is 44.2 Å². The lowest BCUT2D eigenvalue weighted by Crippen LogP contribution is -2.54. The molecule has 2 aliphatic rings. The monoisotopic (exact) mass is 292 g/mol. The summed E-state index contributed by atoms with van der Waals surface area (Å²) in [5, 5.41) is 0. The van der Waals surface area contributed by atoms with Gasteiger partial charge in [0.15, 0.2) is 4.93 Å². The molecule has 0 aromatic heterocycles. The highest BCUT2D eigenvalue weighted by Crippen LogP contribution is 2.48. The number of hydrogen-bond donors (Lipinski definition) is 0. The molecule has 1 unspecified atom stereocenters. The van der Waals surface area contributed by atoms with Gasteiger partial charge < -0.3 is 0 Å². The van der Waals surface area contributed by atoms with Gasteiger partial charge in [-0.25, -0.2) is 9.78 Å². The smallest absolute Gasteiger partial charge is 0.182 e. The quantitative estimate of drug-likeness (QED) is 0.617. The van der Waals surface area contributed by atoms with Gasteiger partial charge in [0.05, 0.1) is 10.8 Å². The van der Waals surface area contributed by atoms with Gasteiger partial charge in [-0.3, -0.25) is 4.21 Å². The summed E-state index contributed by atoms with van der Waals surface area (Å²) >= 11 is 0. The van der Waals surface area contributed by atoms with E-state index in [1.165, 1.54) is 5.57 Å². The zero-order valence-electron chi connectivity index (χ0n) is 12.1. The van der Waals surface area contributed by atoms with Crippen LogP contribution in [-0.4, -0.2) is 14.7 Å². The summed E-state index contributed by atoms with van der Waals surface area (Å²) in [5.41, 5.74) is 0.824. The van der Waals surface area contributed by atoms with E-state index in [0.29, 0.717) is 0 Å². The highest BCUT2D eigenvalue weighted by molar-refractivity contribution is 7.86. The standard InChI is InChI=1S/C16H20O3S/c1-12-9-10-13-11-15(12,2)18-19-16(13,3)20(17)14-7-5-4-6-8-14/h4-9,13H,10-11H2,1-3H3/t13-,15-,16+,20?/m1/s1. The lowest BCUT2D eigenvalue weighted by atomic mass is 9.76. The van der Waals surface area contributed by atoms with Gasteiger partial charge >= 0.3 is 0 Å². The molecule has 3 rings (SSSR count). The molecule has 4 heteroatoms. The molecule has 20 heavy (non-hydrogen) atoms. The number of benzene rings is 1. The molecule has 2 bridgehead atoms. The lowest BCUT2D eigenvalue weighted by molar-refractivity contribution is -0.418. The number of rotatable bonds is 2. The van der Waals surface area contributed by atoms with Crippen LogP contribution in [0, 0.1) is 5.92 Å². The molecule has 0 spiro atoms. The van der Waals surface area contributed by atoms with Crippen LogP contribution in [0.15, 0.2) is 46.9 Å². The summed E-state index contributed by atoms with van der Waals surface area (Å²) in [6.07, 6.45) is 3.93. The molecule has 1 aliphatic carbocycles. The van der Waals surface area contributed by atoms with E-state index in [-0.39, 0.29) is 11.5 Å². The van der Waals surface area contributed by atoms with Gasteiger partial charge in [0.2, 0.25) is 0 Å².